The van der Waals surface area contributed by atoms with E-state index in [0.29, 0.717) is 39.9 Å². The third-order valence-corrected chi connectivity index (χ3v) is 6.65. The zero-order valence-electron chi connectivity index (χ0n) is 15.6. The van der Waals surface area contributed by atoms with Gasteiger partial charge in [-0.25, -0.2) is 9.67 Å². The lowest BCUT2D eigenvalue weighted by atomic mass is 9.88. The normalized spacial score (nSPS) is 22.4. The fourth-order valence-electron chi connectivity index (χ4n) is 4.24. The summed E-state index contributed by atoms with van der Waals surface area (Å²) in [7, 11) is 0. The molecule has 0 radical (unpaired) electrons. The Morgan fingerprint density at radius 2 is 2.29 bits per heavy atom. The number of thiophene rings is 1. The van der Waals surface area contributed by atoms with Crippen LogP contribution in [0.5, 0.6) is 0 Å². The van der Waals surface area contributed by atoms with Crippen molar-refractivity contribution >= 4 is 27.5 Å². The van der Waals surface area contributed by atoms with Gasteiger partial charge in [0.05, 0.1) is 29.1 Å². The Hall–Kier alpha value is -2.52. The van der Waals surface area contributed by atoms with Gasteiger partial charge in [-0.2, -0.15) is 5.10 Å². The number of ether oxygens (including phenoxy) is 1. The molecule has 2 fully saturated rings. The van der Waals surface area contributed by atoms with E-state index in [-0.39, 0.29) is 17.6 Å². The third kappa shape index (κ3) is 2.85. The van der Waals surface area contributed by atoms with Crippen molar-refractivity contribution in [2.75, 3.05) is 19.7 Å². The Bertz CT molecular complexity index is 1100. The van der Waals surface area contributed by atoms with Crippen LogP contribution in [0, 0.1) is 12.8 Å². The summed E-state index contributed by atoms with van der Waals surface area (Å²) in [5, 5.41) is 6.16. The van der Waals surface area contributed by atoms with Gasteiger partial charge in [-0.05, 0) is 37.6 Å². The van der Waals surface area contributed by atoms with Gasteiger partial charge in [0.25, 0.3) is 11.5 Å². The average Bonchev–Trinajstić information content (AvgIpc) is 3.34. The Balaban J connectivity index is 1.43. The summed E-state index contributed by atoms with van der Waals surface area (Å²) < 4.78 is 7.96. The molecule has 3 aromatic rings. The summed E-state index contributed by atoms with van der Waals surface area (Å²) in [6.45, 7) is 4.08. The Morgan fingerprint density at radius 3 is 3.18 bits per heavy atom. The first kappa shape index (κ1) is 17.6. The zero-order valence-corrected chi connectivity index (χ0v) is 16.4. The number of hydrogen-bond acceptors (Lipinski definition) is 6. The van der Waals surface area contributed by atoms with Crippen LogP contribution in [0.25, 0.3) is 16.2 Å². The highest BCUT2D eigenvalue weighted by molar-refractivity contribution is 7.17. The summed E-state index contributed by atoms with van der Waals surface area (Å²) in [5.41, 5.74) is 1.65. The summed E-state index contributed by atoms with van der Waals surface area (Å²) >= 11 is 1.35. The molecule has 3 aromatic heterocycles. The zero-order chi connectivity index (χ0) is 19.3. The van der Waals surface area contributed by atoms with Crippen LogP contribution in [0.3, 0.4) is 0 Å². The van der Waals surface area contributed by atoms with Crippen LogP contribution in [0.15, 0.2) is 22.4 Å². The molecule has 0 saturated carbocycles. The smallest absolute Gasteiger partial charge is 0.270 e. The number of aromatic nitrogens is 4. The van der Waals surface area contributed by atoms with E-state index in [4.69, 9.17) is 4.74 Å². The molecule has 0 aromatic carbocycles. The van der Waals surface area contributed by atoms with Gasteiger partial charge in [-0.3, -0.25) is 14.6 Å². The van der Waals surface area contributed by atoms with E-state index in [1.54, 1.807) is 12.3 Å². The van der Waals surface area contributed by atoms with E-state index >= 15 is 0 Å². The minimum Gasteiger partial charge on any atom is -0.378 e. The van der Waals surface area contributed by atoms with E-state index in [0.717, 1.165) is 32.4 Å². The number of carbonyl (C=O) groups excluding carboxylic acids is 1. The van der Waals surface area contributed by atoms with Crippen molar-refractivity contribution < 1.29 is 9.53 Å². The molecular weight excluding hydrogens is 378 g/mol. The minimum atomic E-state index is -0.197. The molecule has 8 nitrogen and oxygen atoms in total. The molecule has 5 heterocycles. The Labute approximate surface area is 165 Å². The van der Waals surface area contributed by atoms with E-state index in [2.05, 4.69) is 15.1 Å². The molecule has 5 rings (SSSR count). The van der Waals surface area contributed by atoms with Crippen molar-refractivity contribution in [3.63, 3.8) is 0 Å². The molecule has 9 heteroatoms. The second kappa shape index (κ2) is 6.82. The predicted octanol–water partition coefficient (Wildman–Crippen LogP) is 2.12. The maximum Gasteiger partial charge on any atom is 0.270 e. The van der Waals surface area contributed by atoms with Crippen molar-refractivity contribution in [3.8, 4) is 5.95 Å². The summed E-state index contributed by atoms with van der Waals surface area (Å²) in [6, 6.07) is 1.81. The van der Waals surface area contributed by atoms with Gasteiger partial charge < -0.3 is 9.64 Å². The van der Waals surface area contributed by atoms with Crippen LogP contribution in [-0.2, 0) is 4.74 Å². The molecule has 2 atom stereocenters. The van der Waals surface area contributed by atoms with Crippen molar-refractivity contribution in [1.82, 2.24) is 24.6 Å². The molecule has 0 bridgehead atoms. The Kier molecular flexibility index (Phi) is 4.28. The highest BCUT2D eigenvalue weighted by atomic mass is 32.1. The van der Waals surface area contributed by atoms with Gasteiger partial charge in [0.2, 0.25) is 5.95 Å². The lowest BCUT2D eigenvalue weighted by molar-refractivity contribution is -0.0607. The quantitative estimate of drug-likeness (QED) is 0.712. The largest absolute Gasteiger partial charge is 0.378 e. The second-order valence-electron chi connectivity index (χ2n) is 7.43. The first-order valence-electron chi connectivity index (χ1n) is 9.55. The number of hydrogen-bond donors (Lipinski definition) is 1. The van der Waals surface area contributed by atoms with Crippen molar-refractivity contribution in [1.29, 1.82) is 0 Å². The van der Waals surface area contributed by atoms with Crippen molar-refractivity contribution in [3.05, 3.63) is 39.3 Å². The minimum absolute atomic E-state index is 0.0215. The van der Waals surface area contributed by atoms with Crippen LogP contribution >= 0.6 is 11.3 Å². The van der Waals surface area contributed by atoms with Crippen LogP contribution < -0.4 is 5.56 Å². The van der Waals surface area contributed by atoms with Gasteiger partial charge in [-0.15, -0.1) is 11.3 Å². The number of amides is 1. The molecular formula is C19H21N5O3S. The molecule has 2 unspecified atom stereocenters. The van der Waals surface area contributed by atoms with Crippen LogP contribution in [-0.4, -0.2) is 56.4 Å². The van der Waals surface area contributed by atoms with Gasteiger partial charge >= 0.3 is 0 Å². The van der Waals surface area contributed by atoms with Gasteiger partial charge in [0.15, 0.2) is 0 Å². The summed E-state index contributed by atoms with van der Waals surface area (Å²) in [6.07, 6.45) is 4.91. The number of carbonyl (C=O) groups is 1. The maximum atomic E-state index is 13.1. The lowest BCUT2D eigenvalue weighted by Crippen LogP contribution is -2.48. The van der Waals surface area contributed by atoms with Gasteiger partial charge in [0, 0.05) is 25.6 Å². The number of rotatable bonds is 2. The molecule has 28 heavy (non-hydrogen) atoms. The van der Waals surface area contributed by atoms with E-state index in [1.165, 1.54) is 16.0 Å². The monoisotopic (exact) mass is 399 g/mol. The number of nitrogens with zero attached hydrogens (tertiary/aromatic N) is 4. The first-order chi connectivity index (χ1) is 13.6. The Morgan fingerprint density at radius 1 is 1.39 bits per heavy atom. The number of piperidine rings is 1. The average molecular weight is 399 g/mol. The van der Waals surface area contributed by atoms with Crippen LogP contribution in [0.1, 0.15) is 35.3 Å². The van der Waals surface area contributed by atoms with E-state index in [9.17, 15) is 9.59 Å². The fourth-order valence-corrected chi connectivity index (χ4v) is 4.96. The number of fused-ring (bicyclic) bond motifs is 2. The van der Waals surface area contributed by atoms with Gasteiger partial charge in [0.1, 0.15) is 4.70 Å². The SMILES string of the molecule is Cc1c(C(=O)N2CCC3OCCCC3C2)cnn1-c1nc2ccsc2c(=O)[nH]1. The number of H-pyrrole nitrogens is 1. The van der Waals surface area contributed by atoms with E-state index < -0.39 is 0 Å². The fraction of sp³-hybridized carbons (Fsp3) is 0.474. The topological polar surface area (TPSA) is 93.1 Å². The second-order valence-corrected chi connectivity index (χ2v) is 8.35. The predicted molar refractivity (Wildman–Crippen MR) is 105 cm³/mol. The molecule has 2 saturated heterocycles. The molecule has 2 aliphatic heterocycles. The van der Waals surface area contributed by atoms with Crippen molar-refractivity contribution in [2.45, 2.75) is 32.3 Å². The summed E-state index contributed by atoms with van der Waals surface area (Å²) in [5.74, 6) is 0.722. The van der Waals surface area contributed by atoms with Gasteiger partial charge in [-0.1, -0.05) is 0 Å². The molecule has 2 aliphatic rings. The molecule has 1 N–H and O–H groups in total. The van der Waals surface area contributed by atoms with E-state index in [1.807, 2.05) is 17.2 Å². The number of nitrogens with one attached hydrogen (secondary N) is 1. The summed E-state index contributed by atoms with van der Waals surface area (Å²) in [4.78, 5) is 34.5. The van der Waals surface area contributed by atoms with Crippen molar-refractivity contribution in [2.24, 2.45) is 5.92 Å². The highest BCUT2D eigenvalue weighted by Gasteiger charge is 2.35. The number of aromatic amines is 1. The molecule has 1 amide bonds. The standard InChI is InChI=1S/C19H21N5O3S/c1-11-13(18(26)23-6-4-15-12(10-23)3-2-7-27-15)9-20-24(11)19-21-14-5-8-28-16(14)17(25)22-19/h5,8-9,12,15H,2-4,6-7,10H2,1H3,(H,21,22,25). The number of likely N-dealkylation sites (tertiary alicyclic amines) is 1. The maximum absolute atomic E-state index is 13.1. The molecule has 0 spiro atoms. The molecule has 146 valence electrons. The third-order valence-electron chi connectivity index (χ3n) is 5.75. The lowest BCUT2D eigenvalue weighted by Gasteiger charge is -2.41. The molecule has 0 aliphatic carbocycles. The van der Waals surface area contributed by atoms with Crippen LogP contribution in [0.2, 0.25) is 0 Å². The first-order valence-corrected chi connectivity index (χ1v) is 10.4. The highest BCUT2D eigenvalue weighted by Crippen LogP contribution is 2.29. The van der Waals surface area contributed by atoms with Crippen LogP contribution in [0.4, 0.5) is 0 Å².